The van der Waals surface area contributed by atoms with Crippen molar-refractivity contribution in [1.82, 2.24) is 4.90 Å². The summed E-state index contributed by atoms with van der Waals surface area (Å²) in [5.41, 5.74) is 0. The van der Waals surface area contributed by atoms with Crippen LogP contribution in [0.2, 0.25) is 0 Å². The minimum Gasteiger partial charge on any atom is -0.340 e. The van der Waals surface area contributed by atoms with Crippen LogP contribution in [-0.4, -0.2) is 23.4 Å². The predicted octanol–water partition coefficient (Wildman–Crippen LogP) is 2.29. The molecule has 0 saturated carbocycles. The zero-order valence-electron chi connectivity index (χ0n) is 9.21. The first-order chi connectivity index (χ1) is 6.02. The molecule has 0 aromatic heterocycles. The molecule has 1 unspecified atom stereocenters. The molecule has 0 aliphatic carbocycles. The number of carbonyl (C=O) groups excluding carboxylic acids is 1. The Hall–Kier alpha value is -0.530. The highest BCUT2D eigenvalue weighted by atomic mass is 16.2. The monoisotopic (exact) mass is 183 g/mol. The molecule has 1 amide bonds. The van der Waals surface area contributed by atoms with Crippen LogP contribution in [0.25, 0.3) is 0 Å². The number of piperidine rings is 1. The Balaban J connectivity index is 2.52. The van der Waals surface area contributed by atoms with Gasteiger partial charge in [0.1, 0.15) is 0 Å². The summed E-state index contributed by atoms with van der Waals surface area (Å²) in [6, 6.07) is 0.376. The van der Waals surface area contributed by atoms with E-state index in [-0.39, 0.29) is 0 Å². The number of hydrogen-bond donors (Lipinski definition) is 0. The van der Waals surface area contributed by atoms with E-state index in [1.807, 2.05) is 4.90 Å². The van der Waals surface area contributed by atoms with E-state index in [0.29, 0.717) is 23.8 Å². The average Bonchev–Trinajstić information content (AvgIpc) is 2.03. The number of rotatable bonds is 2. The van der Waals surface area contributed by atoms with Crippen molar-refractivity contribution in [2.24, 2.45) is 11.8 Å². The number of carbonyl (C=O) groups is 1. The second-order valence-electron chi connectivity index (χ2n) is 4.68. The molecule has 1 atom stereocenters. The van der Waals surface area contributed by atoms with E-state index >= 15 is 0 Å². The SMILES string of the molecule is CC(C)C1CCN(C(C)C)C(=O)C1. The summed E-state index contributed by atoms with van der Waals surface area (Å²) in [6.45, 7) is 9.56. The van der Waals surface area contributed by atoms with Crippen LogP contribution in [0, 0.1) is 11.8 Å². The van der Waals surface area contributed by atoms with Gasteiger partial charge in [0.15, 0.2) is 0 Å². The Morgan fingerprint density at radius 2 is 1.92 bits per heavy atom. The molecule has 0 aromatic rings. The van der Waals surface area contributed by atoms with Crippen LogP contribution in [0.3, 0.4) is 0 Å². The lowest BCUT2D eigenvalue weighted by Crippen LogP contribution is -2.43. The van der Waals surface area contributed by atoms with E-state index in [9.17, 15) is 4.79 Å². The largest absolute Gasteiger partial charge is 0.340 e. The molecular weight excluding hydrogens is 162 g/mol. The van der Waals surface area contributed by atoms with Gasteiger partial charge in [-0.3, -0.25) is 4.79 Å². The third-order valence-corrected chi connectivity index (χ3v) is 3.06. The fourth-order valence-corrected chi connectivity index (χ4v) is 1.99. The van der Waals surface area contributed by atoms with Crippen molar-refractivity contribution < 1.29 is 4.79 Å². The standard InChI is InChI=1S/C11H21NO/c1-8(2)10-5-6-12(9(3)4)11(13)7-10/h8-10H,5-7H2,1-4H3. The smallest absolute Gasteiger partial charge is 0.223 e. The van der Waals surface area contributed by atoms with Gasteiger partial charge in [-0.25, -0.2) is 0 Å². The zero-order valence-corrected chi connectivity index (χ0v) is 9.21. The van der Waals surface area contributed by atoms with Crippen LogP contribution in [-0.2, 0) is 4.79 Å². The summed E-state index contributed by atoms with van der Waals surface area (Å²) in [5.74, 6) is 1.61. The Morgan fingerprint density at radius 1 is 1.31 bits per heavy atom. The Bertz CT molecular complexity index is 187. The van der Waals surface area contributed by atoms with Crippen molar-refractivity contribution in [3.8, 4) is 0 Å². The second kappa shape index (κ2) is 4.12. The fourth-order valence-electron chi connectivity index (χ4n) is 1.99. The van der Waals surface area contributed by atoms with Gasteiger partial charge < -0.3 is 4.90 Å². The van der Waals surface area contributed by atoms with E-state index < -0.39 is 0 Å². The molecule has 1 rings (SSSR count). The van der Waals surface area contributed by atoms with E-state index in [0.717, 1.165) is 13.0 Å². The van der Waals surface area contributed by atoms with Gasteiger partial charge in [-0.2, -0.15) is 0 Å². The van der Waals surface area contributed by atoms with Crippen molar-refractivity contribution >= 4 is 5.91 Å². The second-order valence-corrected chi connectivity index (χ2v) is 4.68. The molecule has 1 fully saturated rings. The van der Waals surface area contributed by atoms with Gasteiger partial charge in [0, 0.05) is 19.0 Å². The maximum atomic E-state index is 11.7. The Labute approximate surface area is 81.3 Å². The molecular formula is C11H21NO. The van der Waals surface area contributed by atoms with Gasteiger partial charge in [-0.05, 0) is 32.1 Å². The highest BCUT2D eigenvalue weighted by Gasteiger charge is 2.28. The van der Waals surface area contributed by atoms with Crippen molar-refractivity contribution in [2.75, 3.05) is 6.54 Å². The van der Waals surface area contributed by atoms with Crippen molar-refractivity contribution in [2.45, 2.75) is 46.6 Å². The van der Waals surface area contributed by atoms with Gasteiger partial charge in [-0.15, -0.1) is 0 Å². The Kier molecular flexibility index (Phi) is 3.34. The molecule has 1 saturated heterocycles. The van der Waals surface area contributed by atoms with Crippen molar-refractivity contribution in [3.63, 3.8) is 0 Å². The molecule has 0 spiro atoms. The first-order valence-electron chi connectivity index (χ1n) is 5.31. The summed E-state index contributed by atoms with van der Waals surface area (Å²) in [7, 11) is 0. The third kappa shape index (κ3) is 2.45. The van der Waals surface area contributed by atoms with Crippen LogP contribution in [0.4, 0.5) is 0 Å². The molecule has 0 aromatic carbocycles. The van der Waals surface area contributed by atoms with Crippen LogP contribution < -0.4 is 0 Å². The highest BCUT2D eigenvalue weighted by molar-refractivity contribution is 5.77. The highest BCUT2D eigenvalue weighted by Crippen LogP contribution is 2.26. The summed E-state index contributed by atoms with van der Waals surface area (Å²) < 4.78 is 0. The minimum atomic E-state index is 0.347. The quantitative estimate of drug-likeness (QED) is 0.643. The zero-order chi connectivity index (χ0) is 10.0. The lowest BCUT2D eigenvalue weighted by atomic mass is 9.86. The fraction of sp³-hybridized carbons (Fsp3) is 0.909. The van der Waals surface area contributed by atoms with Crippen LogP contribution in [0.15, 0.2) is 0 Å². The Morgan fingerprint density at radius 3 is 2.31 bits per heavy atom. The first kappa shape index (κ1) is 10.6. The normalized spacial score (nSPS) is 24.6. The minimum absolute atomic E-state index is 0.347. The molecule has 2 nitrogen and oxygen atoms in total. The van der Waals surface area contributed by atoms with Crippen LogP contribution in [0.1, 0.15) is 40.5 Å². The summed E-state index contributed by atoms with van der Waals surface area (Å²) in [6.07, 6.45) is 1.94. The predicted molar refractivity (Wildman–Crippen MR) is 54.4 cm³/mol. The van der Waals surface area contributed by atoms with Crippen molar-refractivity contribution in [1.29, 1.82) is 0 Å². The summed E-state index contributed by atoms with van der Waals surface area (Å²) in [4.78, 5) is 13.7. The molecule has 0 radical (unpaired) electrons. The number of hydrogen-bond acceptors (Lipinski definition) is 1. The van der Waals surface area contributed by atoms with Gasteiger partial charge in [-0.1, -0.05) is 13.8 Å². The maximum Gasteiger partial charge on any atom is 0.223 e. The van der Waals surface area contributed by atoms with Gasteiger partial charge >= 0.3 is 0 Å². The van der Waals surface area contributed by atoms with Gasteiger partial charge in [0.05, 0.1) is 0 Å². The number of amides is 1. The summed E-state index contributed by atoms with van der Waals surface area (Å²) in [5, 5.41) is 0. The van der Waals surface area contributed by atoms with Crippen LogP contribution >= 0.6 is 0 Å². The topological polar surface area (TPSA) is 20.3 Å². The van der Waals surface area contributed by atoms with Crippen molar-refractivity contribution in [3.05, 3.63) is 0 Å². The summed E-state index contributed by atoms with van der Waals surface area (Å²) >= 11 is 0. The van der Waals surface area contributed by atoms with Crippen LogP contribution in [0.5, 0.6) is 0 Å². The molecule has 1 aliphatic heterocycles. The maximum absolute atomic E-state index is 11.7. The van der Waals surface area contributed by atoms with E-state index in [1.165, 1.54) is 6.42 Å². The molecule has 0 bridgehead atoms. The molecule has 2 heteroatoms. The lowest BCUT2D eigenvalue weighted by Gasteiger charge is -2.36. The number of nitrogens with zero attached hydrogens (tertiary/aromatic N) is 1. The lowest BCUT2D eigenvalue weighted by molar-refractivity contribution is -0.137. The van der Waals surface area contributed by atoms with E-state index in [2.05, 4.69) is 27.7 Å². The molecule has 0 N–H and O–H groups in total. The molecule has 13 heavy (non-hydrogen) atoms. The average molecular weight is 183 g/mol. The van der Waals surface area contributed by atoms with E-state index in [1.54, 1.807) is 0 Å². The van der Waals surface area contributed by atoms with Gasteiger partial charge in [0.25, 0.3) is 0 Å². The number of likely N-dealkylation sites (tertiary alicyclic amines) is 1. The van der Waals surface area contributed by atoms with Gasteiger partial charge in [0.2, 0.25) is 5.91 Å². The van der Waals surface area contributed by atoms with E-state index in [4.69, 9.17) is 0 Å². The molecule has 76 valence electrons. The first-order valence-corrected chi connectivity index (χ1v) is 5.31. The third-order valence-electron chi connectivity index (χ3n) is 3.06. The molecule has 1 heterocycles. The molecule has 1 aliphatic rings.